The molecule has 1 aromatic carbocycles. The van der Waals surface area contributed by atoms with Crippen LogP contribution in [0.4, 0.5) is 23.1 Å². The summed E-state index contributed by atoms with van der Waals surface area (Å²) in [5, 5.41) is 7.13. The molecule has 16 heteroatoms. The molecule has 0 bridgehead atoms. The zero-order valence-electron chi connectivity index (χ0n) is 33.5. The molecule has 3 fully saturated rings. The molecule has 5 heterocycles. The van der Waals surface area contributed by atoms with Gasteiger partial charge in [-0.3, -0.25) is 43.1 Å². The van der Waals surface area contributed by atoms with Crippen molar-refractivity contribution >= 4 is 63.3 Å². The number of hydrogen-bond donors (Lipinski definition) is 2. The number of ether oxygens (including phenoxy) is 1. The average molecular weight is 804 g/mol. The summed E-state index contributed by atoms with van der Waals surface area (Å²) in [6.07, 6.45) is 8.32. The number of carbonyl (C=O) groups excluding carboxylic acids is 5. The quantitative estimate of drug-likeness (QED) is 0.0786. The maximum absolute atomic E-state index is 13.6. The Bertz CT molecular complexity index is 2370. The number of Topliss-reactive ketones (excluding diaryl/α,β-unsaturated/α-hetero) is 3. The Labute approximate surface area is 341 Å². The summed E-state index contributed by atoms with van der Waals surface area (Å²) in [4.78, 5) is 96.3. The van der Waals surface area contributed by atoms with Crippen LogP contribution in [0.1, 0.15) is 101 Å². The van der Waals surface area contributed by atoms with Crippen molar-refractivity contribution in [2.24, 2.45) is 0 Å². The van der Waals surface area contributed by atoms with Gasteiger partial charge in [-0.1, -0.05) is 18.9 Å². The van der Waals surface area contributed by atoms with Crippen molar-refractivity contribution < 1.29 is 28.7 Å². The predicted octanol–water partition coefficient (Wildman–Crippen LogP) is 4.48. The molecule has 3 aromatic heterocycles. The van der Waals surface area contributed by atoms with Crippen molar-refractivity contribution in [1.29, 1.82) is 0 Å². The lowest BCUT2D eigenvalue weighted by molar-refractivity contribution is -0.132. The molecule has 4 aromatic rings. The molecule has 2 amide bonds. The molecule has 1 unspecified atom stereocenters. The highest BCUT2D eigenvalue weighted by Gasteiger charge is 2.45. The van der Waals surface area contributed by atoms with Gasteiger partial charge < -0.3 is 20.3 Å². The van der Waals surface area contributed by atoms with Crippen molar-refractivity contribution in [2.45, 2.75) is 77.3 Å². The minimum absolute atomic E-state index is 0.00393. The van der Waals surface area contributed by atoms with Crippen LogP contribution in [0.15, 0.2) is 47.5 Å². The second kappa shape index (κ2) is 17.2. The summed E-state index contributed by atoms with van der Waals surface area (Å²) in [6, 6.07) is 8.08. The van der Waals surface area contributed by atoms with Crippen LogP contribution in [0.5, 0.6) is 0 Å². The number of ketones is 3. The van der Waals surface area contributed by atoms with E-state index in [1.807, 2.05) is 18.3 Å². The Morgan fingerprint density at radius 1 is 0.915 bits per heavy atom. The standard InChI is InChI=1S/C43H49N9O7/c1-26-32-25-46-43(48-39(32)51(28-7-3-4-8-28)41(57)37(26)27(2)53)47-36-14-11-29(24-45-36)50-19-17-49(18-20-50)16-6-21-59-22-15-44-33-10-5-9-31-38(33)42(58)52(40(31)56)34-13-12-30(54)23-35(34)55/h5,9-11,14,24-25,28,34,44H,3-4,6-8,12-13,15-23H2,1-2H3,(H,45,46,47,48). The van der Waals surface area contributed by atoms with Crippen molar-refractivity contribution in [1.82, 2.24) is 29.3 Å². The van der Waals surface area contributed by atoms with E-state index in [0.717, 1.165) is 75.4 Å². The fraction of sp³-hybridized carbons (Fsp3) is 0.465. The third kappa shape index (κ3) is 8.11. The lowest BCUT2D eigenvalue weighted by Gasteiger charge is -2.36. The Hall–Kier alpha value is -5.87. The number of nitrogens with zero attached hydrogens (tertiary/aromatic N) is 7. The summed E-state index contributed by atoms with van der Waals surface area (Å²) in [5.74, 6) is -0.872. The second-order valence-electron chi connectivity index (χ2n) is 15.8. The molecule has 16 nitrogen and oxygen atoms in total. The zero-order valence-corrected chi connectivity index (χ0v) is 33.5. The maximum atomic E-state index is 13.6. The zero-order chi connectivity index (χ0) is 41.2. The predicted molar refractivity (Wildman–Crippen MR) is 221 cm³/mol. The molecular formula is C43H49N9O7. The van der Waals surface area contributed by atoms with E-state index in [4.69, 9.17) is 9.72 Å². The van der Waals surface area contributed by atoms with Gasteiger partial charge in [-0.25, -0.2) is 9.97 Å². The van der Waals surface area contributed by atoms with Crippen molar-refractivity contribution in [3.05, 3.63) is 75.3 Å². The lowest BCUT2D eigenvalue weighted by atomic mass is 9.92. The molecule has 1 saturated heterocycles. The normalized spacial score (nSPS) is 18.9. The lowest BCUT2D eigenvalue weighted by Crippen LogP contribution is -2.47. The number of nitrogens with one attached hydrogen (secondary N) is 2. The van der Waals surface area contributed by atoms with Crippen molar-refractivity contribution in [3.63, 3.8) is 0 Å². The van der Waals surface area contributed by atoms with Gasteiger partial charge in [-0.15, -0.1) is 0 Å². The van der Waals surface area contributed by atoms with Gasteiger partial charge in [0.1, 0.15) is 17.2 Å². The van der Waals surface area contributed by atoms with Gasteiger partial charge in [-0.2, -0.15) is 4.98 Å². The van der Waals surface area contributed by atoms with E-state index in [9.17, 15) is 28.8 Å². The topological polar surface area (TPSA) is 189 Å². The van der Waals surface area contributed by atoms with Gasteiger partial charge >= 0.3 is 0 Å². The van der Waals surface area contributed by atoms with Crippen LogP contribution < -0.4 is 21.1 Å². The van der Waals surface area contributed by atoms with Crippen LogP contribution in [0.25, 0.3) is 11.0 Å². The number of pyridine rings is 2. The van der Waals surface area contributed by atoms with E-state index < -0.39 is 17.9 Å². The molecule has 0 spiro atoms. The van der Waals surface area contributed by atoms with E-state index in [0.29, 0.717) is 53.8 Å². The van der Waals surface area contributed by atoms with Gasteiger partial charge in [0.2, 0.25) is 5.95 Å². The van der Waals surface area contributed by atoms with E-state index >= 15 is 0 Å². The monoisotopic (exact) mass is 803 g/mol. The SMILES string of the molecule is CC(=O)c1c(C)c2cnc(Nc3ccc(N4CCN(CCCOCCNc5cccc6c5C(=O)N(C5CCC(=O)CC5=O)C6=O)CC4)cn3)nc2n(C2CCCC2)c1=O. The largest absolute Gasteiger partial charge is 0.382 e. The molecule has 2 saturated carbocycles. The minimum atomic E-state index is -0.897. The molecule has 2 aliphatic carbocycles. The van der Waals surface area contributed by atoms with E-state index in [1.54, 1.807) is 35.9 Å². The number of benzene rings is 1. The molecule has 8 rings (SSSR count). The Morgan fingerprint density at radius 2 is 1.71 bits per heavy atom. The van der Waals surface area contributed by atoms with E-state index in [2.05, 4.69) is 30.4 Å². The Morgan fingerprint density at radius 3 is 2.44 bits per heavy atom. The number of aromatic nitrogens is 4. The van der Waals surface area contributed by atoms with Gasteiger partial charge in [0.25, 0.3) is 17.4 Å². The third-order valence-corrected chi connectivity index (χ3v) is 12.0. The molecule has 2 aliphatic heterocycles. The summed E-state index contributed by atoms with van der Waals surface area (Å²) >= 11 is 0. The molecule has 1 atom stereocenters. The number of amides is 2. The fourth-order valence-electron chi connectivity index (χ4n) is 8.92. The number of hydrogen-bond acceptors (Lipinski definition) is 14. The van der Waals surface area contributed by atoms with Crippen LogP contribution in [0.3, 0.4) is 0 Å². The number of imide groups is 1. The van der Waals surface area contributed by atoms with Crippen LogP contribution >= 0.6 is 0 Å². The number of aryl methyl sites for hydroxylation is 1. The molecule has 59 heavy (non-hydrogen) atoms. The van der Waals surface area contributed by atoms with Crippen LogP contribution in [-0.4, -0.2) is 117 Å². The molecule has 0 radical (unpaired) electrons. The van der Waals surface area contributed by atoms with Gasteiger partial charge in [0.15, 0.2) is 11.6 Å². The molecule has 4 aliphatic rings. The number of piperazine rings is 1. The number of fused-ring (bicyclic) bond motifs is 2. The van der Waals surface area contributed by atoms with Crippen molar-refractivity contribution in [2.75, 3.05) is 68.0 Å². The van der Waals surface area contributed by atoms with E-state index in [1.165, 1.54) is 6.92 Å². The Kier molecular flexibility index (Phi) is 11.6. The average Bonchev–Trinajstić information content (AvgIpc) is 3.84. The first-order valence-electron chi connectivity index (χ1n) is 20.6. The minimum Gasteiger partial charge on any atom is -0.382 e. The number of anilines is 4. The number of rotatable bonds is 14. The molecular weight excluding hydrogens is 755 g/mol. The third-order valence-electron chi connectivity index (χ3n) is 12.0. The van der Waals surface area contributed by atoms with Gasteiger partial charge in [-0.05, 0) is 69.4 Å². The molecule has 308 valence electrons. The van der Waals surface area contributed by atoms with Crippen LogP contribution in [-0.2, 0) is 14.3 Å². The smallest absolute Gasteiger partial charge is 0.264 e. The van der Waals surface area contributed by atoms with Crippen LogP contribution in [0.2, 0.25) is 0 Å². The first-order chi connectivity index (χ1) is 28.6. The summed E-state index contributed by atoms with van der Waals surface area (Å²) in [6.45, 7) is 9.10. The van der Waals surface area contributed by atoms with Gasteiger partial charge in [0.05, 0.1) is 47.6 Å². The summed E-state index contributed by atoms with van der Waals surface area (Å²) in [7, 11) is 0. The highest BCUT2D eigenvalue weighted by molar-refractivity contribution is 6.25. The first-order valence-corrected chi connectivity index (χ1v) is 20.6. The maximum Gasteiger partial charge on any atom is 0.264 e. The Balaban J connectivity index is 0.775. The van der Waals surface area contributed by atoms with Crippen LogP contribution in [0, 0.1) is 6.92 Å². The van der Waals surface area contributed by atoms with Crippen molar-refractivity contribution in [3.8, 4) is 0 Å². The highest BCUT2D eigenvalue weighted by Crippen LogP contribution is 2.34. The highest BCUT2D eigenvalue weighted by atomic mass is 16.5. The summed E-state index contributed by atoms with van der Waals surface area (Å²) in [5.41, 5.74) is 3.14. The molecule has 2 N–H and O–H groups in total. The van der Waals surface area contributed by atoms with Gasteiger partial charge in [0, 0.05) is 75.6 Å². The number of carbonyl (C=O) groups is 5. The summed E-state index contributed by atoms with van der Waals surface area (Å²) < 4.78 is 7.59. The van der Waals surface area contributed by atoms with E-state index in [-0.39, 0.29) is 64.9 Å². The first kappa shape index (κ1) is 39.9. The fourth-order valence-corrected chi connectivity index (χ4v) is 8.92. The second-order valence-corrected chi connectivity index (χ2v) is 15.8.